The number of hydrogen-bond acceptors (Lipinski definition) is 3. The summed E-state index contributed by atoms with van der Waals surface area (Å²) in [7, 11) is -3.43. The summed E-state index contributed by atoms with van der Waals surface area (Å²) in [6.45, 7) is 0.359. The molecule has 0 atom stereocenters. The van der Waals surface area contributed by atoms with Crippen LogP contribution in [0.3, 0.4) is 0 Å². The highest BCUT2D eigenvalue weighted by molar-refractivity contribution is 14.1. The zero-order valence-corrected chi connectivity index (χ0v) is 13.7. The molecular weight excluding hydrogens is 387 g/mol. The molecule has 0 saturated heterocycles. The van der Waals surface area contributed by atoms with Crippen LogP contribution in [0.25, 0.3) is 0 Å². The van der Waals surface area contributed by atoms with Crippen molar-refractivity contribution >= 4 is 38.3 Å². The van der Waals surface area contributed by atoms with Crippen molar-refractivity contribution in [3.8, 4) is 0 Å². The normalized spacial score (nSPS) is 11.4. The van der Waals surface area contributed by atoms with Crippen molar-refractivity contribution in [1.82, 2.24) is 4.72 Å². The summed E-state index contributed by atoms with van der Waals surface area (Å²) in [5.74, 6) is 0. The second-order valence-corrected chi connectivity index (χ2v) is 7.36. The molecular formula is C14H15IN2O2S. The van der Waals surface area contributed by atoms with E-state index in [4.69, 9.17) is 5.73 Å². The molecule has 0 aliphatic carbocycles. The largest absolute Gasteiger partial charge is 0.399 e. The third-order valence-corrected chi connectivity index (χ3v) is 5.01. The molecule has 0 aliphatic heterocycles. The number of rotatable bonds is 5. The van der Waals surface area contributed by atoms with Gasteiger partial charge in [0.15, 0.2) is 0 Å². The Morgan fingerprint density at radius 2 is 1.60 bits per heavy atom. The Labute approximate surface area is 132 Å². The lowest BCUT2D eigenvalue weighted by Crippen LogP contribution is -2.26. The SMILES string of the molecule is Nc1ccc(CCNS(=O)(=O)c2ccc(I)cc2)cc1. The third kappa shape index (κ3) is 4.19. The number of nitrogens with one attached hydrogen (secondary N) is 1. The van der Waals surface area contributed by atoms with E-state index in [0.717, 1.165) is 9.13 Å². The van der Waals surface area contributed by atoms with Crippen molar-refractivity contribution in [2.24, 2.45) is 0 Å². The van der Waals surface area contributed by atoms with E-state index in [0.29, 0.717) is 18.7 Å². The summed E-state index contributed by atoms with van der Waals surface area (Å²) in [5.41, 5.74) is 7.35. The van der Waals surface area contributed by atoms with Crippen LogP contribution in [0, 0.1) is 3.57 Å². The topological polar surface area (TPSA) is 72.2 Å². The Hall–Kier alpha value is -1.12. The molecule has 0 aromatic heterocycles. The number of benzene rings is 2. The van der Waals surface area contributed by atoms with Gasteiger partial charge in [-0.1, -0.05) is 12.1 Å². The van der Waals surface area contributed by atoms with Crippen LogP contribution in [0.15, 0.2) is 53.4 Å². The standard InChI is InChI=1S/C14H15IN2O2S/c15-12-3-7-14(8-4-12)20(18,19)17-10-9-11-1-5-13(16)6-2-11/h1-8,17H,9-10,16H2. The fourth-order valence-electron chi connectivity index (χ4n) is 1.71. The molecule has 20 heavy (non-hydrogen) atoms. The number of sulfonamides is 1. The van der Waals surface area contributed by atoms with Crippen molar-refractivity contribution in [2.45, 2.75) is 11.3 Å². The molecule has 0 fully saturated rings. The van der Waals surface area contributed by atoms with Crippen LogP contribution >= 0.6 is 22.6 Å². The molecule has 0 aliphatic rings. The van der Waals surface area contributed by atoms with Gasteiger partial charge in [0.05, 0.1) is 4.90 Å². The average Bonchev–Trinajstić information content (AvgIpc) is 2.41. The van der Waals surface area contributed by atoms with Crippen LogP contribution in [-0.4, -0.2) is 15.0 Å². The van der Waals surface area contributed by atoms with E-state index in [1.807, 2.05) is 24.3 Å². The van der Waals surface area contributed by atoms with Crippen LogP contribution < -0.4 is 10.5 Å². The first kappa shape index (κ1) is 15.3. The van der Waals surface area contributed by atoms with Gasteiger partial charge in [0.2, 0.25) is 10.0 Å². The molecule has 0 amide bonds. The van der Waals surface area contributed by atoms with E-state index >= 15 is 0 Å². The van der Waals surface area contributed by atoms with Crippen LogP contribution in [0.2, 0.25) is 0 Å². The van der Waals surface area contributed by atoms with E-state index in [1.165, 1.54) is 0 Å². The van der Waals surface area contributed by atoms with Crippen LogP contribution in [0.1, 0.15) is 5.56 Å². The van der Waals surface area contributed by atoms with Gasteiger partial charge in [-0.05, 0) is 71.0 Å². The van der Waals surface area contributed by atoms with Crippen LogP contribution in [-0.2, 0) is 16.4 Å². The first-order chi connectivity index (χ1) is 9.47. The quantitative estimate of drug-likeness (QED) is 0.596. The first-order valence-electron chi connectivity index (χ1n) is 6.07. The van der Waals surface area contributed by atoms with Gasteiger partial charge in [-0.15, -0.1) is 0 Å². The van der Waals surface area contributed by atoms with Gasteiger partial charge in [-0.3, -0.25) is 0 Å². The average molecular weight is 402 g/mol. The Morgan fingerprint density at radius 3 is 2.20 bits per heavy atom. The van der Waals surface area contributed by atoms with Gasteiger partial charge in [0.25, 0.3) is 0 Å². The van der Waals surface area contributed by atoms with E-state index in [9.17, 15) is 8.42 Å². The van der Waals surface area contributed by atoms with Crippen LogP contribution in [0.5, 0.6) is 0 Å². The molecule has 0 heterocycles. The Bertz CT molecular complexity index is 667. The minimum absolute atomic E-state index is 0.287. The summed E-state index contributed by atoms with van der Waals surface area (Å²) in [6.07, 6.45) is 0.629. The maximum Gasteiger partial charge on any atom is 0.240 e. The Morgan fingerprint density at radius 1 is 1.00 bits per heavy atom. The molecule has 0 spiro atoms. The number of anilines is 1. The molecule has 106 valence electrons. The summed E-state index contributed by atoms with van der Waals surface area (Å²) in [6, 6.07) is 14.2. The highest BCUT2D eigenvalue weighted by Crippen LogP contribution is 2.12. The molecule has 2 rings (SSSR count). The fourth-order valence-corrected chi connectivity index (χ4v) is 3.10. The van der Waals surface area contributed by atoms with Gasteiger partial charge < -0.3 is 5.73 Å². The molecule has 2 aromatic carbocycles. The van der Waals surface area contributed by atoms with Crippen molar-refractivity contribution in [2.75, 3.05) is 12.3 Å². The van der Waals surface area contributed by atoms with Gasteiger partial charge in [0.1, 0.15) is 0 Å². The van der Waals surface area contributed by atoms with E-state index < -0.39 is 10.0 Å². The molecule has 6 heteroatoms. The third-order valence-electron chi connectivity index (χ3n) is 2.81. The van der Waals surface area contributed by atoms with E-state index in [2.05, 4.69) is 27.3 Å². The van der Waals surface area contributed by atoms with Crippen molar-refractivity contribution in [1.29, 1.82) is 0 Å². The first-order valence-corrected chi connectivity index (χ1v) is 8.63. The summed E-state index contributed by atoms with van der Waals surface area (Å²) in [5, 5.41) is 0. The number of halogens is 1. The Balaban J connectivity index is 1.96. The predicted octanol–water partition coefficient (Wildman–Crippen LogP) is 2.39. The van der Waals surface area contributed by atoms with Gasteiger partial charge in [0, 0.05) is 15.8 Å². The second-order valence-electron chi connectivity index (χ2n) is 4.34. The lowest BCUT2D eigenvalue weighted by atomic mass is 10.1. The summed E-state index contributed by atoms with van der Waals surface area (Å²) < 4.78 is 27.7. The molecule has 3 N–H and O–H groups in total. The molecule has 4 nitrogen and oxygen atoms in total. The second kappa shape index (κ2) is 6.55. The lowest BCUT2D eigenvalue weighted by molar-refractivity contribution is 0.581. The maximum absolute atomic E-state index is 12.1. The highest BCUT2D eigenvalue weighted by atomic mass is 127. The zero-order chi connectivity index (χ0) is 14.6. The zero-order valence-electron chi connectivity index (χ0n) is 10.7. The molecule has 0 unspecified atom stereocenters. The molecule has 2 aromatic rings. The Kier molecular flexibility index (Phi) is 5.00. The summed E-state index contributed by atoms with van der Waals surface area (Å²) in [4.78, 5) is 0.287. The molecule has 0 radical (unpaired) electrons. The fraction of sp³-hybridized carbons (Fsp3) is 0.143. The van der Waals surface area contributed by atoms with E-state index in [1.54, 1.807) is 24.3 Å². The maximum atomic E-state index is 12.1. The van der Waals surface area contributed by atoms with E-state index in [-0.39, 0.29) is 4.90 Å². The molecule has 0 bridgehead atoms. The minimum Gasteiger partial charge on any atom is -0.399 e. The summed E-state index contributed by atoms with van der Waals surface area (Å²) >= 11 is 2.14. The number of nitrogens with two attached hydrogens (primary N) is 1. The monoisotopic (exact) mass is 402 g/mol. The lowest BCUT2D eigenvalue weighted by Gasteiger charge is -2.07. The van der Waals surface area contributed by atoms with Crippen molar-refractivity contribution in [3.63, 3.8) is 0 Å². The van der Waals surface area contributed by atoms with Gasteiger partial charge >= 0.3 is 0 Å². The van der Waals surface area contributed by atoms with Gasteiger partial charge in [-0.25, -0.2) is 13.1 Å². The van der Waals surface area contributed by atoms with Gasteiger partial charge in [-0.2, -0.15) is 0 Å². The molecule has 0 saturated carbocycles. The van der Waals surface area contributed by atoms with Crippen LogP contribution in [0.4, 0.5) is 5.69 Å². The minimum atomic E-state index is -3.43. The van der Waals surface area contributed by atoms with Crippen molar-refractivity contribution < 1.29 is 8.42 Å². The number of hydrogen-bond donors (Lipinski definition) is 2. The van der Waals surface area contributed by atoms with Crippen molar-refractivity contribution in [3.05, 3.63) is 57.7 Å². The number of nitrogen functional groups attached to an aromatic ring is 1. The smallest absolute Gasteiger partial charge is 0.240 e. The highest BCUT2D eigenvalue weighted by Gasteiger charge is 2.12. The predicted molar refractivity (Wildman–Crippen MR) is 88.9 cm³/mol.